The Bertz CT molecular complexity index is 507. The topological polar surface area (TPSA) is 149 Å². The van der Waals surface area contributed by atoms with Crippen LogP contribution in [0.15, 0.2) is 46.6 Å². The molecule has 1 rings (SSSR count). The first-order valence-electron chi connectivity index (χ1n) is 5.02. The molecule has 0 bridgehead atoms. The summed E-state index contributed by atoms with van der Waals surface area (Å²) >= 11 is 0. The molecule has 1 aliphatic carbocycles. The van der Waals surface area contributed by atoms with Gasteiger partial charge in [-0.25, -0.2) is 19.2 Å². The van der Waals surface area contributed by atoms with Crippen molar-refractivity contribution in [2.45, 2.75) is 0 Å². The largest absolute Gasteiger partial charge is 0.478 e. The van der Waals surface area contributed by atoms with Crippen molar-refractivity contribution in [3.8, 4) is 0 Å². The lowest BCUT2D eigenvalue weighted by Gasteiger charge is -2.05. The van der Waals surface area contributed by atoms with Crippen LogP contribution in [0.5, 0.6) is 0 Å². The van der Waals surface area contributed by atoms with Crippen LogP contribution in [0.4, 0.5) is 0 Å². The molecule has 0 aromatic rings. The van der Waals surface area contributed by atoms with Crippen molar-refractivity contribution in [3.05, 3.63) is 46.6 Å². The second-order valence-corrected chi connectivity index (χ2v) is 3.62. The van der Waals surface area contributed by atoms with E-state index in [0.29, 0.717) is 24.3 Å². The zero-order valence-electron chi connectivity index (χ0n) is 9.73. The molecule has 20 heavy (non-hydrogen) atoms. The van der Waals surface area contributed by atoms with Crippen LogP contribution < -0.4 is 0 Å². The van der Waals surface area contributed by atoms with Crippen molar-refractivity contribution in [1.82, 2.24) is 0 Å². The van der Waals surface area contributed by atoms with Crippen LogP contribution >= 0.6 is 0 Å². The maximum Gasteiger partial charge on any atom is 0.335 e. The molecule has 0 fully saturated rings. The number of hydrogen-bond acceptors (Lipinski definition) is 4. The molecular formula is C12H8O8. The highest BCUT2D eigenvalue weighted by Gasteiger charge is 2.19. The van der Waals surface area contributed by atoms with E-state index in [9.17, 15) is 19.2 Å². The van der Waals surface area contributed by atoms with E-state index in [-0.39, 0.29) is 0 Å². The van der Waals surface area contributed by atoms with E-state index in [1.165, 1.54) is 0 Å². The number of aliphatic carboxylic acids is 4. The van der Waals surface area contributed by atoms with Crippen molar-refractivity contribution in [2.24, 2.45) is 0 Å². The molecule has 8 nitrogen and oxygen atoms in total. The molecule has 0 aliphatic heterocycles. The number of carbonyl (C=O) groups is 4. The SMILES string of the molecule is O=C(O)C1=CC(C(=O)O)=CC(C(=O)O)=CC(C(=O)O)=C1. The van der Waals surface area contributed by atoms with Gasteiger partial charge in [0.1, 0.15) is 0 Å². The van der Waals surface area contributed by atoms with Gasteiger partial charge >= 0.3 is 23.9 Å². The van der Waals surface area contributed by atoms with E-state index in [1.54, 1.807) is 0 Å². The summed E-state index contributed by atoms with van der Waals surface area (Å²) in [6, 6.07) is 0. The Hall–Kier alpha value is -3.16. The zero-order valence-corrected chi connectivity index (χ0v) is 9.73. The third-order valence-corrected chi connectivity index (χ3v) is 2.23. The third kappa shape index (κ3) is 3.42. The Kier molecular flexibility index (Phi) is 4.21. The van der Waals surface area contributed by atoms with E-state index in [4.69, 9.17) is 20.4 Å². The monoisotopic (exact) mass is 280 g/mol. The second kappa shape index (κ2) is 5.65. The summed E-state index contributed by atoms with van der Waals surface area (Å²) in [5, 5.41) is 35.5. The van der Waals surface area contributed by atoms with Crippen molar-refractivity contribution < 1.29 is 39.6 Å². The molecule has 104 valence electrons. The summed E-state index contributed by atoms with van der Waals surface area (Å²) in [5.41, 5.74) is -2.35. The maximum absolute atomic E-state index is 10.9. The molecule has 0 unspecified atom stereocenters. The number of carboxylic acids is 4. The molecule has 4 N–H and O–H groups in total. The highest BCUT2D eigenvalue weighted by molar-refractivity contribution is 6.03. The van der Waals surface area contributed by atoms with Crippen molar-refractivity contribution >= 4 is 23.9 Å². The predicted molar refractivity (Wildman–Crippen MR) is 62.9 cm³/mol. The normalized spacial score (nSPS) is 14.8. The summed E-state index contributed by atoms with van der Waals surface area (Å²) in [7, 11) is 0. The van der Waals surface area contributed by atoms with E-state index in [2.05, 4.69) is 0 Å². The minimum absolute atomic E-state index is 0.586. The second-order valence-electron chi connectivity index (χ2n) is 3.62. The Morgan fingerprint density at radius 1 is 0.500 bits per heavy atom. The molecular weight excluding hydrogens is 272 g/mol. The zero-order chi connectivity index (χ0) is 15.4. The minimum Gasteiger partial charge on any atom is -0.478 e. The van der Waals surface area contributed by atoms with Gasteiger partial charge in [-0.3, -0.25) is 0 Å². The molecule has 0 saturated carbocycles. The summed E-state index contributed by atoms with van der Waals surface area (Å²) < 4.78 is 0. The average Bonchev–Trinajstić information content (AvgIpc) is 2.26. The summed E-state index contributed by atoms with van der Waals surface area (Å²) in [5.74, 6) is -6.16. The van der Waals surface area contributed by atoms with E-state index >= 15 is 0 Å². The fraction of sp³-hybridized carbons (Fsp3) is 0. The van der Waals surface area contributed by atoms with Gasteiger partial charge in [-0.15, -0.1) is 0 Å². The number of carboxylic acid groups (broad SMARTS) is 4. The first-order chi connectivity index (χ1) is 9.22. The quantitative estimate of drug-likeness (QED) is 0.564. The molecule has 0 radical (unpaired) electrons. The minimum atomic E-state index is -1.54. The first kappa shape index (κ1) is 14.9. The summed E-state index contributed by atoms with van der Waals surface area (Å²) in [4.78, 5) is 43.6. The molecule has 8 heteroatoms. The molecule has 1 aliphatic rings. The van der Waals surface area contributed by atoms with Gasteiger partial charge < -0.3 is 20.4 Å². The lowest BCUT2D eigenvalue weighted by molar-refractivity contribution is -0.133. The molecule has 0 spiro atoms. The van der Waals surface area contributed by atoms with Crippen LogP contribution in [0.1, 0.15) is 0 Å². The number of rotatable bonds is 4. The van der Waals surface area contributed by atoms with Gasteiger partial charge in [0.05, 0.1) is 22.3 Å². The highest BCUT2D eigenvalue weighted by Crippen LogP contribution is 2.17. The fourth-order valence-electron chi connectivity index (χ4n) is 1.33. The molecule has 0 saturated heterocycles. The molecule has 0 aromatic carbocycles. The standard InChI is InChI=1S/C12H8O8/c13-9(14)5-1-6(10(15)16)3-8(12(19)20)4-7(2-5)11(17)18/h1-4H,(H,13,14)(H,15,16)(H,17,18)(H,19,20). The van der Waals surface area contributed by atoms with Crippen molar-refractivity contribution in [2.75, 3.05) is 0 Å². The molecule has 0 aromatic heterocycles. The van der Waals surface area contributed by atoms with Gasteiger partial charge in [0, 0.05) is 0 Å². The average molecular weight is 280 g/mol. The highest BCUT2D eigenvalue weighted by atomic mass is 16.4. The van der Waals surface area contributed by atoms with Crippen LogP contribution in [-0.2, 0) is 19.2 Å². The molecule has 0 heterocycles. The number of hydrogen-bond donors (Lipinski definition) is 4. The van der Waals surface area contributed by atoms with Crippen LogP contribution in [-0.4, -0.2) is 44.3 Å². The van der Waals surface area contributed by atoms with Gasteiger partial charge in [-0.2, -0.15) is 0 Å². The van der Waals surface area contributed by atoms with Gasteiger partial charge in [0.2, 0.25) is 0 Å². The van der Waals surface area contributed by atoms with Gasteiger partial charge in [-0.1, -0.05) is 0 Å². The third-order valence-electron chi connectivity index (χ3n) is 2.23. The Morgan fingerprint density at radius 3 is 0.750 bits per heavy atom. The van der Waals surface area contributed by atoms with Gasteiger partial charge in [-0.05, 0) is 24.3 Å². The predicted octanol–water partition coefficient (Wildman–Crippen LogP) is 0.0440. The van der Waals surface area contributed by atoms with Crippen LogP contribution in [0.25, 0.3) is 0 Å². The van der Waals surface area contributed by atoms with Gasteiger partial charge in [0.15, 0.2) is 0 Å². The molecule has 0 amide bonds. The smallest absolute Gasteiger partial charge is 0.335 e. The lowest BCUT2D eigenvalue weighted by Crippen LogP contribution is -2.11. The molecule has 0 atom stereocenters. The van der Waals surface area contributed by atoms with E-state index in [0.717, 1.165) is 0 Å². The van der Waals surface area contributed by atoms with Crippen LogP contribution in [0, 0.1) is 0 Å². The summed E-state index contributed by atoms with van der Waals surface area (Å²) in [6.07, 6.45) is 2.74. The Morgan fingerprint density at radius 2 is 0.650 bits per heavy atom. The Balaban J connectivity index is 3.57. The van der Waals surface area contributed by atoms with Crippen LogP contribution in [0.3, 0.4) is 0 Å². The first-order valence-corrected chi connectivity index (χ1v) is 5.02. The fourth-order valence-corrected chi connectivity index (χ4v) is 1.33. The van der Waals surface area contributed by atoms with Crippen molar-refractivity contribution in [1.29, 1.82) is 0 Å². The van der Waals surface area contributed by atoms with Crippen molar-refractivity contribution in [3.63, 3.8) is 0 Å². The lowest BCUT2D eigenvalue weighted by atomic mass is 10.00. The summed E-state index contributed by atoms with van der Waals surface area (Å²) in [6.45, 7) is 0. The maximum atomic E-state index is 10.9. The van der Waals surface area contributed by atoms with Crippen LogP contribution in [0.2, 0.25) is 0 Å². The Labute approximate surface area is 111 Å². The van der Waals surface area contributed by atoms with E-state index in [1.807, 2.05) is 0 Å². The van der Waals surface area contributed by atoms with E-state index < -0.39 is 46.2 Å². The van der Waals surface area contributed by atoms with Gasteiger partial charge in [0.25, 0.3) is 0 Å².